The summed E-state index contributed by atoms with van der Waals surface area (Å²) in [6.07, 6.45) is 2.50. The summed E-state index contributed by atoms with van der Waals surface area (Å²) >= 11 is 0. The number of Topliss-reactive ketones (excluding diaryl/α,β-unsaturated/α-hetero) is 1. The molecule has 0 aromatic heterocycles. The Labute approximate surface area is 88.7 Å². The molecular formula is C12H25NO. The van der Waals surface area contributed by atoms with Gasteiger partial charge in [0.2, 0.25) is 0 Å². The first-order valence-electron chi connectivity index (χ1n) is 5.85. The van der Waals surface area contributed by atoms with Crippen LogP contribution >= 0.6 is 0 Å². The van der Waals surface area contributed by atoms with E-state index in [0.717, 1.165) is 19.0 Å². The molecule has 0 N–H and O–H groups in total. The first-order valence-corrected chi connectivity index (χ1v) is 5.85. The first-order chi connectivity index (χ1) is 6.61. The van der Waals surface area contributed by atoms with Crippen LogP contribution in [0, 0.1) is 5.92 Å². The van der Waals surface area contributed by atoms with E-state index in [-0.39, 0.29) is 6.04 Å². The van der Waals surface area contributed by atoms with Crippen molar-refractivity contribution in [3.8, 4) is 0 Å². The third kappa shape index (κ3) is 4.23. The average molecular weight is 199 g/mol. The second-order valence-corrected chi connectivity index (χ2v) is 4.01. The van der Waals surface area contributed by atoms with Gasteiger partial charge in [0.25, 0.3) is 0 Å². The third-order valence-corrected chi connectivity index (χ3v) is 2.95. The molecule has 2 heteroatoms. The Morgan fingerprint density at radius 2 is 1.71 bits per heavy atom. The topological polar surface area (TPSA) is 20.3 Å². The second kappa shape index (κ2) is 6.99. The number of piperidine rings is 1. The van der Waals surface area contributed by atoms with E-state index in [0.29, 0.717) is 5.78 Å². The largest absolute Gasteiger partial charge is 0.298 e. The Bertz CT molecular complexity index is 160. The minimum atomic E-state index is 0.137. The zero-order valence-electron chi connectivity index (χ0n) is 10.3. The molecule has 0 amide bonds. The summed E-state index contributed by atoms with van der Waals surface area (Å²) in [6.45, 7) is 12.2. The number of rotatable bonds is 2. The lowest BCUT2D eigenvalue weighted by Gasteiger charge is -2.33. The number of carbonyl (C=O) groups excluding carboxylic acids is 1. The Kier molecular flexibility index (Phi) is 6.81. The molecule has 0 aromatic carbocycles. The van der Waals surface area contributed by atoms with Crippen molar-refractivity contribution in [1.82, 2.24) is 4.90 Å². The van der Waals surface area contributed by atoms with Gasteiger partial charge in [0.05, 0.1) is 6.04 Å². The predicted octanol–water partition coefficient (Wildman–Crippen LogP) is 2.72. The van der Waals surface area contributed by atoms with Gasteiger partial charge in [0.15, 0.2) is 0 Å². The lowest BCUT2D eigenvalue weighted by molar-refractivity contribution is -0.122. The van der Waals surface area contributed by atoms with Crippen LogP contribution in [0.25, 0.3) is 0 Å². The van der Waals surface area contributed by atoms with Crippen LogP contribution in [0.4, 0.5) is 0 Å². The summed E-state index contributed by atoms with van der Waals surface area (Å²) < 4.78 is 0. The van der Waals surface area contributed by atoms with Gasteiger partial charge in [0, 0.05) is 0 Å². The molecule has 0 radical (unpaired) electrons. The minimum Gasteiger partial charge on any atom is -0.298 e. The van der Waals surface area contributed by atoms with Crippen LogP contribution in [-0.2, 0) is 4.79 Å². The average Bonchev–Trinajstić information content (AvgIpc) is 2.21. The molecule has 0 aromatic rings. The molecule has 2 nitrogen and oxygen atoms in total. The van der Waals surface area contributed by atoms with Gasteiger partial charge in [-0.25, -0.2) is 0 Å². The highest BCUT2D eigenvalue weighted by atomic mass is 16.1. The fourth-order valence-electron chi connectivity index (χ4n) is 1.67. The highest BCUT2D eigenvalue weighted by Gasteiger charge is 2.22. The summed E-state index contributed by atoms with van der Waals surface area (Å²) in [7, 11) is 0. The smallest absolute Gasteiger partial charge is 0.146 e. The van der Waals surface area contributed by atoms with Gasteiger partial charge in [-0.15, -0.1) is 0 Å². The molecule has 1 heterocycles. The van der Waals surface area contributed by atoms with Gasteiger partial charge < -0.3 is 0 Å². The summed E-state index contributed by atoms with van der Waals surface area (Å²) in [4.78, 5) is 13.4. The number of hydrogen-bond acceptors (Lipinski definition) is 2. The molecule has 1 aliphatic heterocycles. The maximum absolute atomic E-state index is 11.1. The molecule has 0 bridgehead atoms. The third-order valence-electron chi connectivity index (χ3n) is 2.95. The Morgan fingerprint density at radius 1 is 1.29 bits per heavy atom. The Balaban J connectivity index is 0.000000791. The molecule has 1 fully saturated rings. The molecule has 1 unspecified atom stereocenters. The van der Waals surface area contributed by atoms with E-state index < -0.39 is 0 Å². The van der Waals surface area contributed by atoms with Gasteiger partial charge in [-0.1, -0.05) is 20.8 Å². The lowest BCUT2D eigenvalue weighted by atomic mass is 9.97. The fraction of sp³-hybridized carbons (Fsp3) is 0.917. The Morgan fingerprint density at radius 3 is 2.07 bits per heavy atom. The highest BCUT2D eigenvalue weighted by Crippen LogP contribution is 2.17. The number of carbonyl (C=O) groups is 1. The summed E-state index contributed by atoms with van der Waals surface area (Å²) in [6, 6.07) is 0.137. The summed E-state index contributed by atoms with van der Waals surface area (Å²) in [5.74, 6) is 1.14. The Hall–Kier alpha value is -0.370. The molecule has 0 aliphatic carbocycles. The van der Waals surface area contributed by atoms with Crippen molar-refractivity contribution < 1.29 is 4.79 Å². The lowest BCUT2D eigenvalue weighted by Crippen LogP contribution is -2.42. The highest BCUT2D eigenvalue weighted by molar-refractivity contribution is 5.80. The minimum absolute atomic E-state index is 0.137. The zero-order valence-corrected chi connectivity index (χ0v) is 10.3. The molecule has 0 spiro atoms. The number of likely N-dealkylation sites (tertiary alicyclic amines) is 1. The van der Waals surface area contributed by atoms with Crippen LogP contribution in [-0.4, -0.2) is 29.8 Å². The molecule has 0 saturated carbocycles. The number of ketones is 1. The van der Waals surface area contributed by atoms with Crippen LogP contribution in [0.15, 0.2) is 0 Å². The molecule has 14 heavy (non-hydrogen) atoms. The zero-order chi connectivity index (χ0) is 11.1. The van der Waals surface area contributed by atoms with Gasteiger partial charge in [-0.3, -0.25) is 9.69 Å². The van der Waals surface area contributed by atoms with Gasteiger partial charge in [0.1, 0.15) is 5.78 Å². The van der Waals surface area contributed by atoms with E-state index in [4.69, 9.17) is 0 Å². The van der Waals surface area contributed by atoms with Crippen LogP contribution in [0.1, 0.15) is 47.5 Å². The molecular weight excluding hydrogens is 174 g/mol. The normalized spacial score (nSPS) is 20.9. The van der Waals surface area contributed by atoms with E-state index in [2.05, 4.69) is 11.8 Å². The van der Waals surface area contributed by atoms with Crippen molar-refractivity contribution in [2.45, 2.75) is 53.5 Å². The van der Waals surface area contributed by atoms with E-state index in [1.807, 2.05) is 20.8 Å². The maximum Gasteiger partial charge on any atom is 0.146 e. The van der Waals surface area contributed by atoms with Crippen molar-refractivity contribution >= 4 is 5.78 Å². The molecule has 1 aliphatic rings. The van der Waals surface area contributed by atoms with Gasteiger partial charge in [-0.05, 0) is 45.7 Å². The summed E-state index contributed by atoms with van der Waals surface area (Å²) in [5.41, 5.74) is 0. The quantitative estimate of drug-likeness (QED) is 0.681. The van der Waals surface area contributed by atoms with Crippen molar-refractivity contribution in [3.63, 3.8) is 0 Å². The summed E-state index contributed by atoms with van der Waals surface area (Å²) in [5, 5.41) is 0. The predicted molar refractivity (Wildman–Crippen MR) is 61.5 cm³/mol. The van der Waals surface area contributed by atoms with E-state index in [9.17, 15) is 4.79 Å². The van der Waals surface area contributed by atoms with Crippen LogP contribution in [0.2, 0.25) is 0 Å². The number of nitrogens with zero attached hydrogens (tertiary/aromatic N) is 1. The standard InChI is InChI=1S/C10H19NO.C2H6/c1-8-4-6-11(7-5-8)9(2)10(3)12;1-2/h8-9H,4-7H2,1-3H3;1-2H3. The van der Waals surface area contributed by atoms with Crippen LogP contribution in [0.5, 0.6) is 0 Å². The van der Waals surface area contributed by atoms with E-state index in [1.165, 1.54) is 12.8 Å². The molecule has 1 saturated heterocycles. The van der Waals surface area contributed by atoms with Gasteiger partial charge >= 0.3 is 0 Å². The first kappa shape index (κ1) is 13.6. The van der Waals surface area contributed by atoms with Crippen molar-refractivity contribution in [2.75, 3.05) is 13.1 Å². The second-order valence-electron chi connectivity index (χ2n) is 4.01. The monoisotopic (exact) mass is 199 g/mol. The van der Waals surface area contributed by atoms with Crippen molar-refractivity contribution in [3.05, 3.63) is 0 Å². The van der Waals surface area contributed by atoms with Gasteiger partial charge in [-0.2, -0.15) is 0 Å². The van der Waals surface area contributed by atoms with E-state index >= 15 is 0 Å². The molecule has 1 rings (SSSR count). The van der Waals surface area contributed by atoms with E-state index in [1.54, 1.807) is 6.92 Å². The van der Waals surface area contributed by atoms with Crippen LogP contribution in [0.3, 0.4) is 0 Å². The molecule has 84 valence electrons. The van der Waals surface area contributed by atoms with Crippen LogP contribution < -0.4 is 0 Å². The van der Waals surface area contributed by atoms with Crippen molar-refractivity contribution in [1.29, 1.82) is 0 Å². The molecule has 1 atom stereocenters. The maximum atomic E-state index is 11.1. The fourth-order valence-corrected chi connectivity index (χ4v) is 1.67. The van der Waals surface area contributed by atoms with Crippen molar-refractivity contribution in [2.24, 2.45) is 5.92 Å². The SMILES string of the molecule is CC.CC(=O)C(C)N1CCC(C)CC1. The number of hydrogen-bond donors (Lipinski definition) is 0.